The van der Waals surface area contributed by atoms with E-state index >= 15 is 0 Å². The van der Waals surface area contributed by atoms with Crippen LogP contribution in [-0.4, -0.2) is 23.3 Å². The first-order chi connectivity index (χ1) is 11.6. The fraction of sp³-hybridized carbons (Fsp3) is 0.364. The monoisotopic (exact) mass is 338 g/mol. The van der Waals surface area contributed by atoms with E-state index in [1.54, 1.807) is 0 Å². The zero-order chi connectivity index (χ0) is 19.3. The van der Waals surface area contributed by atoms with Gasteiger partial charge in [0.1, 0.15) is 5.69 Å². The van der Waals surface area contributed by atoms with Crippen LogP contribution in [0.15, 0.2) is 52.6 Å². The van der Waals surface area contributed by atoms with Crippen molar-refractivity contribution in [2.45, 2.75) is 48.5 Å². The van der Waals surface area contributed by atoms with Crippen LogP contribution in [0, 0.1) is 20.8 Å². The molecular formula is C22H32N3+. The quantitative estimate of drug-likeness (QED) is 0.351. The molecule has 3 nitrogen and oxygen atoms in total. The summed E-state index contributed by atoms with van der Waals surface area (Å²) in [5.41, 5.74) is 14.1. The fourth-order valence-corrected chi connectivity index (χ4v) is 2.73. The van der Waals surface area contributed by atoms with Gasteiger partial charge in [0.15, 0.2) is 0 Å². The molecular weight excluding hydrogens is 306 g/mol. The highest BCUT2D eigenvalue weighted by atomic mass is 15.1. The largest absolute Gasteiger partial charge is 0.318 e. The van der Waals surface area contributed by atoms with Crippen LogP contribution in [0.3, 0.4) is 0 Å². The summed E-state index contributed by atoms with van der Waals surface area (Å²) in [4.78, 5) is 4.84. The molecule has 25 heavy (non-hydrogen) atoms. The van der Waals surface area contributed by atoms with Gasteiger partial charge in [-0.3, -0.25) is 0 Å². The fourth-order valence-electron chi connectivity index (χ4n) is 2.73. The van der Waals surface area contributed by atoms with Gasteiger partial charge in [0, 0.05) is 12.5 Å². The third kappa shape index (κ3) is 5.28. The van der Waals surface area contributed by atoms with Crippen LogP contribution < -0.4 is 5.73 Å². The summed E-state index contributed by atoms with van der Waals surface area (Å²) in [6.45, 7) is 18.3. The Hall–Kier alpha value is -2.42. The number of aliphatic imine (C=N–C) groups is 1. The van der Waals surface area contributed by atoms with Gasteiger partial charge in [-0.2, -0.15) is 0 Å². The van der Waals surface area contributed by atoms with Crippen molar-refractivity contribution in [3.05, 3.63) is 64.3 Å². The van der Waals surface area contributed by atoms with Crippen LogP contribution in [0.1, 0.15) is 44.4 Å². The average Bonchev–Trinajstić information content (AvgIpc) is 2.53. The van der Waals surface area contributed by atoms with Crippen molar-refractivity contribution in [2.75, 3.05) is 7.05 Å². The Morgan fingerprint density at radius 2 is 1.64 bits per heavy atom. The first-order valence-corrected chi connectivity index (χ1v) is 8.58. The molecule has 0 radical (unpaired) electrons. The molecule has 0 amide bonds. The smallest absolute Gasteiger partial charge is 0.235 e. The van der Waals surface area contributed by atoms with Gasteiger partial charge < -0.3 is 5.73 Å². The summed E-state index contributed by atoms with van der Waals surface area (Å²) in [6.07, 6.45) is 4.06. The van der Waals surface area contributed by atoms with E-state index in [-0.39, 0.29) is 0 Å². The third-order valence-electron chi connectivity index (χ3n) is 4.28. The summed E-state index contributed by atoms with van der Waals surface area (Å²) in [5.74, 6) is 1.52. The molecule has 0 fully saturated rings. The molecule has 0 heterocycles. The number of nitrogens with two attached hydrogens (primary N) is 1. The lowest BCUT2D eigenvalue weighted by atomic mass is 10.0. The molecule has 1 aromatic carbocycles. The number of hydrogen-bond acceptors (Lipinski definition) is 1. The van der Waals surface area contributed by atoms with Crippen LogP contribution in [0.25, 0.3) is 0 Å². The first-order valence-electron chi connectivity index (χ1n) is 8.58. The van der Waals surface area contributed by atoms with Gasteiger partial charge in [0.05, 0.1) is 7.05 Å². The van der Waals surface area contributed by atoms with Gasteiger partial charge in [-0.25, -0.2) is 4.58 Å². The molecule has 3 heteroatoms. The first kappa shape index (κ1) is 20.6. The maximum atomic E-state index is 6.45. The standard InChI is InChI=1S/C22H31N3/c1-10-16(5)20(11-14(2)3)22(23)25(9)19(8)24-21-17(6)12-15(4)13-18(21)7/h10-13,23H,2H2,1,3-9H3/p+1/b16-10?,20-11+,24-19?. The summed E-state index contributed by atoms with van der Waals surface area (Å²) < 4.78 is 1.93. The normalized spacial score (nSPS) is 14.5. The van der Waals surface area contributed by atoms with E-state index in [0.29, 0.717) is 5.84 Å². The van der Waals surface area contributed by atoms with Crippen LogP contribution in [0.5, 0.6) is 0 Å². The van der Waals surface area contributed by atoms with Crippen LogP contribution in [0.4, 0.5) is 5.69 Å². The Labute approximate surface area is 153 Å². The minimum Gasteiger partial charge on any atom is -0.318 e. The molecule has 1 aromatic rings. The molecule has 2 N–H and O–H groups in total. The van der Waals surface area contributed by atoms with Crippen LogP contribution in [-0.2, 0) is 0 Å². The van der Waals surface area contributed by atoms with Crippen molar-refractivity contribution < 1.29 is 4.58 Å². The van der Waals surface area contributed by atoms with E-state index in [1.165, 1.54) is 16.7 Å². The van der Waals surface area contributed by atoms with Crippen molar-refractivity contribution in [2.24, 2.45) is 10.7 Å². The maximum Gasteiger partial charge on any atom is 0.235 e. The lowest BCUT2D eigenvalue weighted by molar-refractivity contribution is -0.372. The molecule has 0 unspecified atom stereocenters. The molecule has 0 saturated carbocycles. The molecule has 0 aliphatic carbocycles. The van der Waals surface area contributed by atoms with E-state index in [2.05, 4.69) is 52.5 Å². The van der Waals surface area contributed by atoms with Crippen molar-refractivity contribution in [1.29, 1.82) is 0 Å². The summed E-state index contributed by atoms with van der Waals surface area (Å²) in [5, 5.41) is 0. The van der Waals surface area contributed by atoms with Crippen molar-refractivity contribution >= 4 is 17.4 Å². The SMILES string of the molecule is C=C(C)/C=C(\C(C)=CC)C(N)=[N+](C)C(C)=Nc1c(C)cc(C)cc1C. The molecule has 0 spiro atoms. The molecule has 0 bridgehead atoms. The Balaban J connectivity index is 3.47. The number of rotatable bonds is 4. The van der Waals surface area contributed by atoms with Crippen molar-refractivity contribution in [3.63, 3.8) is 0 Å². The van der Waals surface area contributed by atoms with Crippen LogP contribution in [0.2, 0.25) is 0 Å². The van der Waals surface area contributed by atoms with E-state index in [0.717, 1.165) is 28.2 Å². The van der Waals surface area contributed by atoms with E-state index in [1.807, 2.05) is 38.5 Å². The average molecular weight is 339 g/mol. The van der Waals surface area contributed by atoms with Gasteiger partial charge >= 0.3 is 0 Å². The van der Waals surface area contributed by atoms with E-state index in [9.17, 15) is 0 Å². The number of aryl methyl sites for hydroxylation is 3. The second kappa shape index (κ2) is 8.61. The second-order valence-electron chi connectivity index (χ2n) is 6.73. The van der Waals surface area contributed by atoms with Crippen LogP contribution >= 0.6 is 0 Å². The van der Waals surface area contributed by atoms with E-state index in [4.69, 9.17) is 10.7 Å². The number of allylic oxidation sites excluding steroid dienone is 3. The predicted molar refractivity (Wildman–Crippen MR) is 111 cm³/mol. The third-order valence-corrected chi connectivity index (χ3v) is 4.28. The van der Waals surface area contributed by atoms with E-state index < -0.39 is 0 Å². The highest BCUT2D eigenvalue weighted by Crippen LogP contribution is 2.25. The molecule has 0 atom stereocenters. The molecule has 1 rings (SSSR count). The molecule has 0 aliphatic heterocycles. The van der Waals surface area contributed by atoms with Crippen molar-refractivity contribution in [1.82, 2.24) is 0 Å². The zero-order valence-corrected chi connectivity index (χ0v) is 17.0. The van der Waals surface area contributed by atoms with Crippen molar-refractivity contribution in [3.8, 4) is 0 Å². The Morgan fingerprint density at radius 1 is 1.12 bits per heavy atom. The molecule has 134 valence electrons. The van der Waals surface area contributed by atoms with Gasteiger partial charge in [-0.1, -0.05) is 35.9 Å². The highest BCUT2D eigenvalue weighted by Gasteiger charge is 2.15. The molecule has 0 aromatic heterocycles. The van der Waals surface area contributed by atoms with Gasteiger partial charge in [0.25, 0.3) is 0 Å². The Bertz CT molecular complexity index is 780. The summed E-state index contributed by atoms with van der Waals surface area (Å²) in [6, 6.07) is 4.31. The maximum absolute atomic E-state index is 6.45. The number of nitrogens with zero attached hydrogens (tertiary/aromatic N) is 2. The zero-order valence-electron chi connectivity index (χ0n) is 17.0. The number of hydrogen-bond donors (Lipinski definition) is 1. The molecule has 0 aliphatic rings. The topological polar surface area (TPSA) is 41.4 Å². The summed E-state index contributed by atoms with van der Waals surface area (Å²) in [7, 11) is 1.95. The van der Waals surface area contributed by atoms with Gasteiger partial charge in [-0.05, 0) is 64.3 Å². The van der Waals surface area contributed by atoms with Gasteiger partial charge in [-0.15, -0.1) is 4.99 Å². The lowest BCUT2D eigenvalue weighted by Gasteiger charge is -2.10. The van der Waals surface area contributed by atoms with Gasteiger partial charge in [0.2, 0.25) is 11.7 Å². The molecule has 0 saturated heterocycles. The Kier molecular flexibility index (Phi) is 7.10. The minimum atomic E-state index is 0.669. The number of benzene rings is 1. The summed E-state index contributed by atoms with van der Waals surface area (Å²) >= 11 is 0. The second-order valence-corrected chi connectivity index (χ2v) is 6.73. The number of amidine groups is 2. The predicted octanol–water partition coefficient (Wildman–Crippen LogP) is 5.13. The lowest BCUT2D eigenvalue weighted by Crippen LogP contribution is -2.31. The highest BCUT2D eigenvalue weighted by molar-refractivity contribution is 6.00. The minimum absolute atomic E-state index is 0.669. The Morgan fingerprint density at radius 3 is 2.08 bits per heavy atom.